The van der Waals surface area contributed by atoms with E-state index in [1.54, 1.807) is 0 Å². The average molecular weight is 349 g/mol. The highest BCUT2D eigenvalue weighted by molar-refractivity contribution is 7.85. The Bertz CT molecular complexity index is 559. The first-order valence-corrected chi connectivity index (χ1v) is 8.81. The highest BCUT2D eigenvalue weighted by atomic mass is 32.2. The van der Waals surface area contributed by atoms with Crippen LogP contribution < -0.4 is 5.32 Å². The fourth-order valence-electron chi connectivity index (χ4n) is 1.95. The van der Waals surface area contributed by atoms with Gasteiger partial charge in [-0.05, 0) is 30.9 Å². The summed E-state index contributed by atoms with van der Waals surface area (Å²) in [4.78, 5) is 11.9. The van der Waals surface area contributed by atoms with E-state index in [9.17, 15) is 22.2 Å². The minimum absolute atomic E-state index is 0.0554. The molecule has 0 radical (unpaired) electrons. The van der Waals surface area contributed by atoms with Gasteiger partial charge in [-0.15, -0.1) is 0 Å². The van der Waals surface area contributed by atoms with Gasteiger partial charge in [-0.1, -0.05) is 32.0 Å². The lowest BCUT2D eigenvalue weighted by Crippen LogP contribution is -2.36. The molecule has 0 fully saturated rings. The molecule has 0 aliphatic rings. The SMILES string of the molecule is CC(C)CCNC(=O)C(C)S(=O)Cc1ccccc1C(F)(F)F. The summed E-state index contributed by atoms with van der Waals surface area (Å²) in [5, 5.41) is 1.81. The molecular weight excluding hydrogens is 327 g/mol. The van der Waals surface area contributed by atoms with Crippen molar-refractivity contribution in [1.82, 2.24) is 5.32 Å². The number of amides is 1. The minimum Gasteiger partial charge on any atom is -0.355 e. The van der Waals surface area contributed by atoms with Crippen molar-refractivity contribution in [3.8, 4) is 0 Å². The van der Waals surface area contributed by atoms with Crippen LogP contribution in [0.2, 0.25) is 0 Å². The fourth-order valence-corrected chi connectivity index (χ4v) is 3.08. The third-order valence-electron chi connectivity index (χ3n) is 3.41. The molecule has 0 saturated carbocycles. The molecule has 1 N–H and O–H groups in total. The number of alkyl halides is 3. The van der Waals surface area contributed by atoms with Crippen molar-refractivity contribution in [2.45, 2.75) is 44.4 Å². The summed E-state index contributed by atoms with van der Waals surface area (Å²) in [5.41, 5.74) is -0.860. The van der Waals surface area contributed by atoms with Crippen LogP contribution in [0.4, 0.5) is 13.2 Å². The molecule has 2 atom stereocenters. The Labute approximate surface area is 137 Å². The van der Waals surface area contributed by atoms with Crippen molar-refractivity contribution in [3.63, 3.8) is 0 Å². The van der Waals surface area contributed by atoms with E-state index < -0.39 is 33.7 Å². The molecule has 23 heavy (non-hydrogen) atoms. The highest BCUT2D eigenvalue weighted by Crippen LogP contribution is 2.32. The summed E-state index contributed by atoms with van der Waals surface area (Å²) in [6.45, 7) is 5.97. The van der Waals surface area contributed by atoms with E-state index in [4.69, 9.17) is 0 Å². The Balaban J connectivity index is 2.71. The van der Waals surface area contributed by atoms with Gasteiger partial charge in [0.2, 0.25) is 5.91 Å². The molecule has 0 aliphatic heterocycles. The van der Waals surface area contributed by atoms with Crippen molar-refractivity contribution in [1.29, 1.82) is 0 Å². The normalized spacial score (nSPS) is 14.6. The number of rotatable bonds is 7. The Morgan fingerprint density at radius 3 is 2.39 bits per heavy atom. The van der Waals surface area contributed by atoms with Crippen molar-refractivity contribution in [2.75, 3.05) is 6.54 Å². The molecule has 0 bridgehead atoms. The van der Waals surface area contributed by atoms with Gasteiger partial charge in [-0.3, -0.25) is 9.00 Å². The van der Waals surface area contributed by atoms with Gasteiger partial charge >= 0.3 is 6.18 Å². The number of halogens is 3. The molecule has 7 heteroatoms. The van der Waals surface area contributed by atoms with E-state index in [1.807, 2.05) is 13.8 Å². The highest BCUT2D eigenvalue weighted by Gasteiger charge is 2.33. The van der Waals surface area contributed by atoms with Crippen LogP contribution in [0.25, 0.3) is 0 Å². The maximum atomic E-state index is 12.9. The molecule has 0 heterocycles. The standard InChI is InChI=1S/C16H22F3NO2S/c1-11(2)8-9-20-15(21)12(3)23(22)10-13-6-4-5-7-14(13)16(17,18)19/h4-7,11-12H,8-10H2,1-3H3,(H,20,21). The van der Waals surface area contributed by atoms with Crippen molar-refractivity contribution >= 4 is 16.7 Å². The van der Waals surface area contributed by atoms with Gasteiger partial charge in [0.05, 0.1) is 5.56 Å². The van der Waals surface area contributed by atoms with E-state index in [2.05, 4.69) is 5.32 Å². The summed E-state index contributed by atoms with van der Waals surface area (Å²) >= 11 is 0. The zero-order valence-electron chi connectivity index (χ0n) is 13.4. The summed E-state index contributed by atoms with van der Waals surface area (Å²) < 4.78 is 51.0. The predicted molar refractivity (Wildman–Crippen MR) is 85.2 cm³/mol. The molecular formula is C16H22F3NO2S. The van der Waals surface area contributed by atoms with Gasteiger partial charge in [0.1, 0.15) is 5.25 Å². The van der Waals surface area contributed by atoms with Crippen LogP contribution in [-0.4, -0.2) is 21.9 Å². The molecule has 3 nitrogen and oxygen atoms in total. The van der Waals surface area contributed by atoms with E-state index in [0.29, 0.717) is 12.5 Å². The number of carbonyl (C=O) groups excluding carboxylic acids is 1. The van der Waals surface area contributed by atoms with Crippen LogP contribution in [0.3, 0.4) is 0 Å². The predicted octanol–water partition coefficient (Wildman–Crippen LogP) is 3.50. The second kappa shape index (κ2) is 8.47. The maximum Gasteiger partial charge on any atom is 0.416 e. The lowest BCUT2D eigenvalue weighted by molar-refractivity contribution is -0.138. The minimum atomic E-state index is -4.50. The molecule has 0 aromatic heterocycles. The molecule has 1 aromatic carbocycles. The first-order chi connectivity index (χ1) is 10.6. The number of benzene rings is 1. The average Bonchev–Trinajstić information content (AvgIpc) is 2.45. The van der Waals surface area contributed by atoms with Crippen LogP contribution in [0.15, 0.2) is 24.3 Å². The lowest BCUT2D eigenvalue weighted by Gasteiger charge is -2.15. The Morgan fingerprint density at radius 1 is 1.22 bits per heavy atom. The van der Waals surface area contributed by atoms with Gasteiger partial charge in [-0.2, -0.15) is 13.2 Å². The molecule has 0 spiro atoms. The summed E-state index contributed by atoms with van der Waals surface area (Å²) in [5.74, 6) is -0.266. The Kier molecular flexibility index (Phi) is 7.25. The molecule has 0 aliphatic carbocycles. The zero-order chi connectivity index (χ0) is 17.6. The molecule has 1 amide bonds. The third-order valence-corrected chi connectivity index (χ3v) is 5.00. The summed E-state index contributed by atoms with van der Waals surface area (Å²) in [6.07, 6.45) is -3.70. The van der Waals surface area contributed by atoms with Gasteiger partial charge in [0.15, 0.2) is 0 Å². The summed E-state index contributed by atoms with van der Waals surface area (Å²) in [6, 6.07) is 5.01. The van der Waals surface area contributed by atoms with Crippen LogP contribution in [0, 0.1) is 5.92 Å². The van der Waals surface area contributed by atoms with Crippen LogP contribution in [-0.2, 0) is 27.5 Å². The monoisotopic (exact) mass is 349 g/mol. The van der Waals surface area contributed by atoms with E-state index in [0.717, 1.165) is 12.5 Å². The molecule has 130 valence electrons. The molecule has 0 saturated heterocycles. The maximum absolute atomic E-state index is 12.9. The van der Waals surface area contributed by atoms with Crippen LogP contribution in [0.1, 0.15) is 38.3 Å². The van der Waals surface area contributed by atoms with Crippen molar-refractivity contribution in [2.24, 2.45) is 5.92 Å². The Hall–Kier alpha value is -1.37. The second-order valence-electron chi connectivity index (χ2n) is 5.80. The topological polar surface area (TPSA) is 46.2 Å². The number of hydrogen-bond donors (Lipinski definition) is 1. The summed E-state index contributed by atoms with van der Waals surface area (Å²) in [7, 11) is -1.72. The molecule has 2 unspecified atom stereocenters. The number of hydrogen-bond acceptors (Lipinski definition) is 2. The largest absolute Gasteiger partial charge is 0.416 e. The fraction of sp³-hybridized carbons (Fsp3) is 0.562. The third kappa shape index (κ3) is 6.33. The van der Waals surface area contributed by atoms with Crippen LogP contribution >= 0.6 is 0 Å². The number of nitrogens with one attached hydrogen (secondary N) is 1. The molecule has 1 aromatic rings. The lowest BCUT2D eigenvalue weighted by atomic mass is 10.1. The first-order valence-electron chi connectivity index (χ1n) is 7.43. The van der Waals surface area contributed by atoms with E-state index in [1.165, 1.54) is 25.1 Å². The van der Waals surface area contributed by atoms with Crippen molar-refractivity contribution < 1.29 is 22.2 Å². The van der Waals surface area contributed by atoms with Gasteiger partial charge < -0.3 is 5.32 Å². The quantitative estimate of drug-likeness (QED) is 0.819. The second-order valence-corrected chi connectivity index (χ2v) is 7.55. The zero-order valence-corrected chi connectivity index (χ0v) is 14.3. The van der Waals surface area contributed by atoms with E-state index in [-0.39, 0.29) is 11.3 Å². The van der Waals surface area contributed by atoms with Crippen LogP contribution in [0.5, 0.6) is 0 Å². The van der Waals surface area contributed by atoms with Gasteiger partial charge in [0, 0.05) is 23.1 Å². The van der Waals surface area contributed by atoms with Gasteiger partial charge in [-0.25, -0.2) is 0 Å². The van der Waals surface area contributed by atoms with E-state index >= 15 is 0 Å². The molecule has 1 rings (SSSR count). The smallest absolute Gasteiger partial charge is 0.355 e. The first kappa shape index (κ1) is 19.7. The van der Waals surface area contributed by atoms with Crippen molar-refractivity contribution in [3.05, 3.63) is 35.4 Å². The van der Waals surface area contributed by atoms with Gasteiger partial charge in [0.25, 0.3) is 0 Å². The number of carbonyl (C=O) groups is 1. The Morgan fingerprint density at radius 2 is 1.83 bits per heavy atom.